The average molecular weight is 326 g/mol. The van der Waals surface area contributed by atoms with Crippen molar-refractivity contribution in [2.75, 3.05) is 13.2 Å². The summed E-state index contributed by atoms with van der Waals surface area (Å²) in [6.45, 7) is 3.56. The quantitative estimate of drug-likeness (QED) is 0.801. The fourth-order valence-corrected chi connectivity index (χ4v) is 3.20. The Morgan fingerprint density at radius 2 is 2.21 bits per heavy atom. The SMILES string of the molecule is CCC(CCO)CNC1CC(c2cccc(Br)c2)C1. The predicted octanol–water partition coefficient (Wildman–Crippen LogP) is 3.69. The van der Waals surface area contributed by atoms with E-state index in [9.17, 15) is 0 Å². The fourth-order valence-electron chi connectivity index (χ4n) is 2.78. The van der Waals surface area contributed by atoms with Crippen LogP contribution in [-0.4, -0.2) is 24.3 Å². The Morgan fingerprint density at radius 1 is 1.42 bits per heavy atom. The largest absolute Gasteiger partial charge is 0.396 e. The van der Waals surface area contributed by atoms with Crippen LogP contribution in [0.15, 0.2) is 28.7 Å². The van der Waals surface area contributed by atoms with Gasteiger partial charge in [0.05, 0.1) is 0 Å². The highest BCUT2D eigenvalue weighted by Gasteiger charge is 2.30. The second-order valence-corrected chi connectivity index (χ2v) is 6.53. The molecule has 1 aliphatic carbocycles. The van der Waals surface area contributed by atoms with Crippen LogP contribution in [0.3, 0.4) is 0 Å². The molecule has 0 heterocycles. The minimum atomic E-state index is 0.311. The molecule has 0 aromatic heterocycles. The zero-order valence-corrected chi connectivity index (χ0v) is 13.2. The molecule has 1 saturated carbocycles. The van der Waals surface area contributed by atoms with E-state index in [-0.39, 0.29) is 0 Å². The molecule has 3 heteroatoms. The average Bonchev–Trinajstić information content (AvgIpc) is 2.35. The molecule has 106 valence electrons. The van der Waals surface area contributed by atoms with E-state index in [0.29, 0.717) is 24.5 Å². The monoisotopic (exact) mass is 325 g/mol. The van der Waals surface area contributed by atoms with Gasteiger partial charge >= 0.3 is 0 Å². The first-order valence-electron chi connectivity index (χ1n) is 7.32. The van der Waals surface area contributed by atoms with Crippen LogP contribution in [0, 0.1) is 5.92 Å². The summed E-state index contributed by atoms with van der Waals surface area (Å²) in [5.41, 5.74) is 1.45. The van der Waals surface area contributed by atoms with E-state index in [1.807, 2.05) is 0 Å². The Balaban J connectivity index is 1.71. The van der Waals surface area contributed by atoms with E-state index >= 15 is 0 Å². The molecule has 0 aliphatic heterocycles. The van der Waals surface area contributed by atoms with Crippen LogP contribution in [0.5, 0.6) is 0 Å². The molecule has 2 N–H and O–H groups in total. The Kier molecular flexibility index (Phi) is 5.86. The third-order valence-electron chi connectivity index (χ3n) is 4.27. The number of rotatable bonds is 7. The number of aliphatic hydroxyl groups is 1. The molecule has 2 nitrogen and oxygen atoms in total. The van der Waals surface area contributed by atoms with Gasteiger partial charge in [0.2, 0.25) is 0 Å². The lowest BCUT2D eigenvalue weighted by atomic mass is 9.76. The van der Waals surface area contributed by atoms with Crippen molar-refractivity contribution in [3.63, 3.8) is 0 Å². The fraction of sp³-hybridized carbons (Fsp3) is 0.625. The van der Waals surface area contributed by atoms with Gasteiger partial charge in [0.25, 0.3) is 0 Å². The Morgan fingerprint density at radius 3 is 2.84 bits per heavy atom. The zero-order valence-electron chi connectivity index (χ0n) is 11.6. The molecule has 1 fully saturated rings. The van der Waals surface area contributed by atoms with E-state index in [4.69, 9.17) is 5.11 Å². The van der Waals surface area contributed by atoms with Crippen molar-refractivity contribution < 1.29 is 5.11 Å². The topological polar surface area (TPSA) is 32.3 Å². The first kappa shape index (κ1) is 15.0. The molecule has 19 heavy (non-hydrogen) atoms. The summed E-state index contributed by atoms with van der Waals surface area (Å²) in [7, 11) is 0. The van der Waals surface area contributed by atoms with Gasteiger partial charge in [-0.15, -0.1) is 0 Å². The van der Waals surface area contributed by atoms with Gasteiger partial charge < -0.3 is 10.4 Å². The van der Waals surface area contributed by atoms with Crippen LogP contribution >= 0.6 is 15.9 Å². The van der Waals surface area contributed by atoms with Crippen molar-refractivity contribution in [2.24, 2.45) is 5.92 Å². The van der Waals surface area contributed by atoms with Gasteiger partial charge in [-0.05, 0) is 55.3 Å². The van der Waals surface area contributed by atoms with Crippen LogP contribution in [0.1, 0.15) is 44.1 Å². The molecular formula is C16H24BrNO. The van der Waals surface area contributed by atoms with E-state index in [1.54, 1.807) is 0 Å². The molecule has 2 rings (SSSR count). The molecule has 0 saturated heterocycles. The van der Waals surface area contributed by atoms with Gasteiger partial charge in [-0.3, -0.25) is 0 Å². The standard InChI is InChI=1S/C16H24BrNO/c1-2-12(6-7-19)11-18-16-9-14(10-16)13-4-3-5-15(17)8-13/h3-5,8,12,14,16,18-19H,2,6-7,9-11H2,1H3. The molecule has 0 spiro atoms. The summed E-state index contributed by atoms with van der Waals surface area (Å²) in [5.74, 6) is 1.34. The van der Waals surface area contributed by atoms with Gasteiger partial charge in [-0.2, -0.15) is 0 Å². The smallest absolute Gasteiger partial charge is 0.0434 e. The maximum Gasteiger partial charge on any atom is 0.0434 e. The van der Waals surface area contributed by atoms with Crippen LogP contribution in [0.4, 0.5) is 0 Å². The molecule has 1 aromatic carbocycles. The summed E-state index contributed by atoms with van der Waals surface area (Å²) in [6, 6.07) is 9.33. The summed E-state index contributed by atoms with van der Waals surface area (Å²) in [6.07, 6.45) is 4.55. The van der Waals surface area contributed by atoms with Crippen LogP contribution in [-0.2, 0) is 0 Å². The van der Waals surface area contributed by atoms with Gasteiger partial charge in [-0.1, -0.05) is 41.4 Å². The summed E-state index contributed by atoms with van der Waals surface area (Å²) < 4.78 is 1.18. The number of benzene rings is 1. The second-order valence-electron chi connectivity index (χ2n) is 5.62. The molecule has 1 unspecified atom stereocenters. The number of halogens is 1. The number of aliphatic hydroxyl groups excluding tert-OH is 1. The lowest BCUT2D eigenvalue weighted by Gasteiger charge is -2.37. The minimum absolute atomic E-state index is 0.311. The minimum Gasteiger partial charge on any atom is -0.396 e. The first-order valence-corrected chi connectivity index (χ1v) is 8.12. The highest BCUT2D eigenvalue weighted by molar-refractivity contribution is 9.10. The maximum absolute atomic E-state index is 8.99. The van der Waals surface area contributed by atoms with Crippen molar-refractivity contribution >= 4 is 15.9 Å². The lowest BCUT2D eigenvalue weighted by Crippen LogP contribution is -2.42. The second kappa shape index (κ2) is 7.41. The van der Waals surface area contributed by atoms with Gasteiger partial charge in [0, 0.05) is 17.1 Å². The molecule has 1 aromatic rings. The van der Waals surface area contributed by atoms with Crippen molar-refractivity contribution in [2.45, 2.75) is 44.6 Å². The van der Waals surface area contributed by atoms with Gasteiger partial charge in [0.1, 0.15) is 0 Å². The Bertz CT molecular complexity index is 390. The third-order valence-corrected chi connectivity index (χ3v) is 4.76. The van der Waals surface area contributed by atoms with Gasteiger partial charge in [0.15, 0.2) is 0 Å². The Labute approximate surface area is 124 Å². The van der Waals surface area contributed by atoms with Crippen molar-refractivity contribution in [1.82, 2.24) is 5.32 Å². The van der Waals surface area contributed by atoms with Crippen molar-refractivity contribution in [3.05, 3.63) is 34.3 Å². The number of hydrogen-bond donors (Lipinski definition) is 2. The van der Waals surface area contributed by atoms with Crippen molar-refractivity contribution in [1.29, 1.82) is 0 Å². The summed E-state index contributed by atoms with van der Waals surface area (Å²) in [5, 5.41) is 12.6. The predicted molar refractivity (Wildman–Crippen MR) is 83.4 cm³/mol. The number of hydrogen-bond acceptors (Lipinski definition) is 2. The third kappa shape index (κ3) is 4.30. The van der Waals surface area contributed by atoms with E-state index < -0.39 is 0 Å². The molecular weight excluding hydrogens is 302 g/mol. The van der Waals surface area contributed by atoms with Crippen LogP contribution in [0.2, 0.25) is 0 Å². The maximum atomic E-state index is 8.99. The summed E-state index contributed by atoms with van der Waals surface area (Å²) in [4.78, 5) is 0. The zero-order chi connectivity index (χ0) is 13.7. The number of nitrogens with one attached hydrogen (secondary N) is 1. The van der Waals surface area contributed by atoms with E-state index in [0.717, 1.165) is 19.4 Å². The van der Waals surface area contributed by atoms with E-state index in [2.05, 4.69) is 52.4 Å². The lowest BCUT2D eigenvalue weighted by molar-refractivity contribution is 0.231. The van der Waals surface area contributed by atoms with E-state index in [1.165, 1.54) is 22.9 Å². The highest BCUT2D eigenvalue weighted by Crippen LogP contribution is 2.37. The summed E-state index contributed by atoms with van der Waals surface area (Å²) >= 11 is 3.54. The van der Waals surface area contributed by atoms with Crippen molar-refractivity contribution in [3.8, 4) is 0 Å². The van der Waals surface area contributed by atoms with Crippen LogP contribution < -0.4 is 5.32 Å². The molecule has 1 atom stereocenters. The highest BCUT2D eigenvalue weighted by atomic mass is 79.9. The van der Waals surface area contributed by atoms with Gasteiger partial charge in [-0.25, -0.2) is 0 Å². The Hall–Kier alpha value is -0.380. The van der Waals surface area contributed by atoms with Crippen LogP contribution in [0.25, 0.3) is 0 Å². The molecule has 0 bridgehead atoms. The first-order chi connectivity index (χ1) is 9.22. The molecule has 0 radical (unpaired) electrons. The molecule has 1 aliphatic rings. The molecule has 0 amide bonds. The normalized spacial score (nSPS) is 23.9.